The number of nitrogens with zero attached hydrogens (tertiary/aromatic N) is 2. The number of carboxylic acids is 1. The van der Waals surface area contributed by atoms with Crippen molar-refractivity contribution in [1.29, 1.82) is 0 Å². The van der Waals surface area contributed by atoms with Crippen molar-refractivity contribution in [3.8, 4) is 0 Å². The lowest BCUT2D eigenvalue weighted by Gasteiger charge is -2.29. The Labute approximate surface area is 303 Å². The van der Waals surface area contributed by atoms with Crippen LogP contribution < -0.4 is 10.6 Å². The van der Waals surface area contributed by atoms with Crippen molar-refractivity contribution in [3.05, 3.63) is 112 Å². The molecular weight excluding hydrogens is 699 g/mol. The maximum Gasteiger partial charge on any atom is 0.341 e. The number of halogens is 2. The van der Waals surface area contributed by atoms with Crippen LogP contribution in [0.3, 0.4) is 0 Å². The van der Waals surface area contributed by atoms with Gasteiger partial charge in [-0.05, 0) is 35.7 Å². The summed E-state index contributed by atoms with van der Waals surface area (Å²) in [6.07, 6.45) is 0.685. The van der Waals surface area contributed by atoms with Crippen LogP contribution in [-0.4, -0.2) is 69.6 Å². The van der Waals surface area contributed by atoms with Gasteiger partial charge in [-0.2, -0.15) is 0 Å². The van der Waals surface area contributed by atoms with E-state index < -0.39 is 60.2 Å². The van der Waals surface area contributed by atoms with Crippen molar-refractivity contribution < 1.29 is 38.7 Å². The topological polar surface area (TPSA) is 173 Å². The molecule has 4 aromatic rings. The van der Waals surface area contributed by atoms with Gasteiger partial charge in [-0.25, -0.2) is 4.79 Å². The zero-order chi connectivity index (χ0) is 36.7. The maximum atomic E-state index is 14.2. The molecule has 264 valence electrons. The third-order valence-corrected chi connectivity index (χ3v) is 8.96. The summed E-state index contributed by atoms with van der Waals surface area (Å²) in [6.45, 7) is 2.88. The lowest BCUT2D eigenvalue weighted by atomic mass is 9.84. The number of rotatable bonds is 14. The fourth-order valence-corrected chi connectivity index (χ4v) is 6.30. The van der Waals surface area contributed by atoms with Crippen LogP contribution in [0.1, 0.15) is 53.0 Å². The molecule has 0 saturated carbocycles. The molecule has 5 rings (SSSR count). The highest BCUT2D eigenvalue weighted by Crippen LogP contribution is 2.32. The third-order valence-electron chi connectivity index (χ3n) is 8.33. The van der Waals surface area contributed by atoms with E-state index in [0.717, 1.165) is 5.39 Å². The Morgan fingerprint density at radius 2 is 1.61 bits per heavy atom. The Bertz CT molecular complexity index is 1980. The fourth-order valence-electron chi connectivity index (χ4n) is 5.75. The van der Waals surface area contributed by atoms with Crippen molar-refractivity contribution in [2.45, 2.75) is 50.8 Å². The van der Waals surface area contributed by atoms with Crippen LogP contribution >= 0.6 is 23.2 Å². The van der Waals surface area contributed by atoms with Gasteiger partial charge in [0.2, 0.25) is 5.60 Å². The lowest BCUT2D eigenvalue weighted by Crippen LogP contribution is -2.55. The van der Waals surface area contributed by atoms with Crippen LogP contribution in [0.4, 0.5) is 0 Å². The molecule has 2 amide bonds. The van der Waals surface area contributed by atoms with Crippen LogP contribution in [0.15, 0.2) is 90.2 Å². The second-order valence-electron chi connectivity index (χ2n) is 12.3. The molecule has 3 N–H and O–H groups in total. The van der Waals surface area contributed by atoms with Gasteiger partial charge in [0.25, 0.3) is 11.8 Å². The number of ether oxygens (including phenoxy) is 1. The van der Waals surface area contributed by atoms with Crippen molar-refractivity contribution in [2.24, 2.45) is 11.1 Å². The van der Waals surface area contributed by atoms with E-state index >= 15 is 0 Å². The Hall–Kier alpha value is -5.33. The van der Waals surface area contributed by atoms with Crippen LogP contribution in [-0.2, 0) is 30.4 Å². The number of fused-ring (bicyclic) bond motifs is 1. The molecule has 3 aromatic carbocycles. The Morgan fingerprint density at radius 1 is 0.922 bits per heavy atom. The largest absolute Gasteiger partial charge is 0.481 e. The quantitative estimate of drug-likeness (QED) is 0.143. The molecule has 3 unspecified atom stereocenters. The molecule has 0 spiro atoms. The van der Waals surface area contributed by atoms with Crippen LogP contribution in [0.25, 0.3) is 10.9 Å². The SMILES string of the molecule is CC(C)C(NC(=O)c1cccc2cccnc12)C1=NOC(Cc2ccccc2)(C(=O)NC(CC(=O)O)C(=O)COC(=O)c2c(Cl)cccc2Cl)C1. The molecule has 0 fully saturated rings. The predicted octanol–water partition coefficient (Wildman–Crippen LogP) is 5.44. The van der Waals surface area contributed by atoms with Crippen LogP contribution in [0, 0.1) is 5.92 Å². The molecule has 1 aliphatic rings. The van der Waals surface area contributed by atoms with Crippen molar-refractivity contribution in [2.75, 3.05) is 6.61 Å². The molecule has 12 nitrogen and oxygen atoms in total. The zero-order valence-electron chi connectivity index (χ0n) is 27.6. The number of nitrogens with one attached hydrogen (secondary N) is 2. The second kappa shape index (κ2) is 16.1. The number of carbonyl (C=O) groups is 5. The average Bonchev–Trinajstić information content (AvgIpc) is 3.53. The van der Waals surface area contributed by atoms with Gasteiger partial charge >= 0.3 is 11.9 Å². The highest BCUT2D eigenvalue weighted by Gasteiger charge is 2.49. The highest BCUT2D eigenvalue weighted by atomic mass is 35.5. The molecule has 14 heteroatoms. The first-order chi connectivity index (χ1) is 24.4. The number of ketones is 1. The number of aromatic nitrogens is 1. The number of oxime groups is 1. The van der Waals surface area contributed by atoms with Crippen molar-refractivity contribution in [3.63, 3.8) is 0 Å². The Balaban J connectivity index is 1.36. The first-order valence-electron chi connectivity index (χ1n) is 16.0. The number of benzene rings is 3. The van der Waals surface area contributed by atoms with E-state index in [2.05, 4.69) is 20.8 Å². The average molecular weight is 734 g/mol. The van der Waals surface area contributed by atoms with Gasteiger partial charge in [-0.1, -0.05) is 96.8 Å². The number of Topliss-reactive ketones (excluding diaryl/α,β-unsaturated/α-hetero) is 1. The summed E-state index contributed by atoms with van der Waals surface area (Å²) in [5.74, 6) is -4.70. The minimum atomic E-state index is -1.73. The summed E-state index contributed by atoms with van der Waals surface area (Å²) in [4.78, 5) is 75.8. The molecule has 0 saturated heterocycles. The number of amides is 2. The van der Waals surface area contributed by atoms with Gasteiger partial charge in [0.05, 0.1) is 44.9 Å². The van der Waals surface area contributed by atoms with Crippen molar-refractivity contribution >= 4 is 69.4 Å². The van der Waals surface area contributed by atoms with Crippen LogP contribution in [0.2, 0.25) is 10.0 Å². The van der Waals surface area contributed by atoms with Gasteiger partial charge in [0, 0.05) is 24.4 Å². The van der Waals surface area contributed by atoms with E-state index in [1.807, 2.05) is 26.0 Å². The first-order valence-corrected chi connectivity index (χ1v) is 16.7. The minimum Gasteiger partial charge on any atom is -0.481 e. The number of para-hydroxylation sites is 1. The van der Waals surface area contributed by atoms with Gasteiger partial charge < -0.3 is 25.3 Å². The molecule has 1 aliphatic heterocycles. The number of carboxylic acid groups (broad SMARTS) is 1. The summed E-state index contributed by atoms with van der Waals surface area (Å²) in [5, 5.41) is 20.2. The van der Waals surface area contributed by atoms with Crippen molar-refractivity contribution in [1.82, 2.24) is 15.6 Å². The predicted molar refractivity (Wildman–Crippen MR) is 190 cm³/mol. The summed E-state index contributed by atoms with van der Waals surface area (Å²) < 4.78 is 5.12. The van der Waals surface area contributed by atoms with E-state index in [1.165, 1.54) is 18.2 Å². The van der Waals surface area contributed by atoms with Crippen LogP contribution in [0.5, 0.6) is 0 Å². The third kappa shape index (κ3) is 8.70. The normalized spacial score (nSPS) is 16.5. The van der Waals surface area contributed by atoms with E-state index in [1.54, 1.807) is 54.7 Å². The summed E-state index contributed by atoms with van der Waals surface area (Å²) in [7, 11) is 0. The van der Waals surface area contributed by atoms with Gasteiger partial charge in [0.15, 0.2) is 12.4 Å². The number of hydrogen-bond donors (Lipinski definition) is 3. The monoisotopic (exact) mass is 732 g/mol. The fraction of sp³-hybridized carbons (Fsp3) is 0.270. The van der Waals surface area contributed by atoms with E-state index in [0.29, 0.717) is 22.4 Å². The van der Waals surface area contributed by atoms with E-state index in [-0.39, 0.29) is 34.4 Å². The van der Waals surface area contributed by atoms with Gasteiger partial charge in [-0.3, -0.25) is 24.2 Å². The summed E-state index contributed by atoms with van der Waals surface area (Å²) in [6, 6.07) is 19.9. The van der Waals surface area contributed by atoms with Gasteiger partial charge in [0.1, 0.15) is 6.04 Å². The molecule has 0 aliphatic carbocycles. The molecule has 0 radical (unpaired) electrons. The smallest absolute Gasteiger partial charge is 0.341 e. The molecule has 51 heavy (non-hydrogen) atoms. The molecule has 2 heterocycles. The minimum absolute atomic E-state index is 0.00273. The number of aliphatic carboxylic acids is 1. The number of carbonyl (C=O) groups excluding carboxylic acids is 4. The highest BCUT2D eigenvalue weighted by molar-refractivity contribution is 6.39. The van der Waals surface area contributed by atoms with E-state index in [4.69, 9.17) is 32.8 Å². The van der Waals surface area contributed by atoms with Gasteiger partial charge in [-0.15, -0.1) is 0 Å². The summed E-state index contributed by atoms with van der Waals surface area (Å²) in [5.41, 5.74) is 0.0547. The summed E-state index contributed by atoms with van der Waals surface area (Å²) >= 11 is 12.1. The second-order valence-corrected chi connectivity index (χ2v) is 13.2. The lowest BCUT2D eigenvalue weighted by molar-refractivity contribution is -0.148. The standard InChI is InChI=1S/C37H34Cl2N4O8/c1-21(2)32(42-34(47)24-13-6-11-23-12-8-16-40-33(23)24)28-19-37(51-43-28,18-22-9-4-3-5-10-22)36(49)41-27(17-30(45)46)29(44)20-50-35(48)31-25(38)14-7-15-26(31)39/h3-16,21,27,32H,17-20H2,1-2H3,(H,41,49)(H,42,47)(H,45,46). The Kier molecular flexibility index (Phi) is 11.7. The Morgan fingerprint density at radius 3 is 2.29 bits per heavy atom. The molecular formula is C37H34Cl2N4O8. The zero-order valence-corrected chi connectivity index (χ0v) is 29.1. The number of pyridine rings is 1. The maximum absolute atomic E-state index is 14.2. The van der Waals surface area contributed by atoms with E-state index in [9.17, 15) is 29.1 Å². The number of esters is 1. The molecule has 1 aromatic heterocycles. The number of hydrogen-bond acceptors (Lipinski definition) is 9. The first kappa shape index (κ1) is 36.9. The molecule has 3 atom stereocenters. The molecule has 0 bridgehead atoms.